The molecule has 0 bridgehead atoms. The molecule has 0 radical (unpaired) electrons. The van der Waals surface area contributed by atoms with Crippen molar-refractivity contribution >= 4 is 23.4 Å². The minimum absolute atomic E-state index is 0.219. The normalized spacial score (nSPS) is 11.4. The van der Waals surface area contributed by atoms with Crippen molar-refractivity contribution in [3.05, 3.63) is 95.8 Å². The van der Waals surface area contributed by atoms with Crippen LogP contribution in [0, 0.1) is 0 Å². The summed E-state index contributed by atoms with van der Waals surface area (Å²) >= 11 is 1.58. The minimum atomic E-state index is -0.325. The molecule has 190 valence electrons. The summed E-state index contributed by atoms with van der Waals surface area (Å²) in [5.41, 5.74) is 2.00. The van der Waals surface area contributed by atoms with Crippen molar-refractivity contribution in [1.82, 2.24) is 9.97 Å². The third-order valence-electron chi connectivity index (χ3n) is 5.47. The number of aromatic nitrogens is 2. The smallest absolute Gasteiger partial charge is 0.263 e. The van der Waals surface area contributed by atoms with Gasteiger partial charge in [0.05, 0.1) is 39.8 Å². The van der Waals surface area contributed by atoms with Crippen LogP contribution in [0.5, 0.6) is 23.3 Å². The van der Waals surface area contributed by atoms with Crippen molar-refractivity contribution in [1.29, 1.82) is 0 Å². The van der Waals surface area contributed by atoms with Crippen LogP contribution in [-0.2, 0) is 0 Å². The van der Waals surface area contributed by atoms with E-state index in [1.165, 1.54) is 14.2 Å². The number of rotatable bonds is 10. The summed E-state index contributed by atoms with van der Waals surface area (Å²) < 4.78 is 21.4. The van der Waals surface area contributed by atoms with Crippen molar-refractivity contribution in [2.45, 2.75) is 10.1 Å². The maximum absolute atomic E-state index is 13.0. The van der Waals surface area contributed by atoms with E-state index in [9.17, 15) is 4.79 Å². The fourth-order valence-corrected chi connectivity index (χ4v) is 4.74. The molecule has 9 heteroatoms. The van der Waals surface area contributed by atoms with Gasteiger partial charge in [0.15, 0.2) is 5.82 Å². The van der Waals surface area contributed by atoms with E-state index in [0.717, 1.165) is 10.5 Å². The average Bonchev–Trinajstić information content (AvgIpc) is 2.96. The van der Waals surface area contributed by atoms with Crippen LogP contribution in [0.25, 0.3) is 0 Å². The van der Waals surface area contributed by atoms with Crippen LogP contribution in [0.3, 0.4) is 0 Å². The molecule has 0 fully saturated rings. The van der Waals surface area contributed by atoms with Gasteiger partial charge in [-0.1, -0.05) is 36.4 Å². The molecule has 0 aliphatic rings. The molecule has 0 aliphatic carbocycles. The molecule has 0 unspecified atom stereocenters. The third-order valence-corrected chi connectivity index (χ3v) is 6.74. The molecule has 1 heterocycles. The molecule has 0 spiro atoms. The van der Waals surface area contributed by atoms with E-state index < -0.39 is 0 Å². The number of methoxy groups -OCH3 is 4. The van der Waals surface area contributed by atoms with Gasteiger partial charge in [-0.2, -0.15) is 9.97 Å². The van der Waals surface area contributed by atoms with Crippen molar-refractivity contribution in [2.24, 2.45) is 0 Å². The number of benzene rings is 3. The van der Waals surface area contributed by atoms with Crippen molar-refractivity contribution < 1.29 is 23.7 Å². The molecule has 1 amide bonds. The quantitative estimate of drug-likeness (QED) is 0.270. The zero-order chi connectivity index (χ0) is 26.2. The van der Waals surface area contributed by atoms with E-state index in [1.807, 2.05) is 54.6 Å². The highest BCUT2D eigenvalue weighted by atomic mass is 32.2. The summed E-state index contributed by atoms with van der Waals surface area (Å²) in [4.78, 5) is 23.1. The third kappa shape index (κ3) is 6.13. The number of amides is 1. The Balaban J connectivity index is 1.58. The maximum Gasteiger partial charge on any atom is 0.263 e. The van der Waals surface area contributed by atoms with Gasteiger partial charge in [0, 0.05) is 10.6 Å². The molecule has 4 aromatic rings. The number of thioether (sulfide) groups is 1. The Bertz CT molecular complexity index is 1310. The predicted octanol–water partition coefficient (Wildman–Crippen LogP) is 5.65. The van der Waals surface area contributed by atoms with Gasteiger partial charge >= 0.3 is 0 Å². The maximum atomic E-state index is 13.0. The highest BCUT2D eigenvalue weighted by molar-refractivity contribution is 7.99. The van der Waals surface area contributed by atoms with Gasteiger partial charge in [0.1, 0.15) is 17.1 Å². The molecule has 0 saturated heterocycles. The van der Waals surface area contributed by atoms with E-state index in [-0.39, 0.29) is 11.2 Å². The number of carbonyl (C=O) groups excluding carboxylic acids is 1. The Morgan fingerprint density at radius 1 is 0.757 bits per heavy atom. The second-order valence-corrected chi connectivity index (χ2v) is 8.91. The monoisotopic (exact) mass is 517 g/mol. The summed E-state index contributed by atoms with van der Waals surface area (Å²) in [5.74, 6) is 1.95. The van der Waals surface area contributed by atoms with Gasteiger partial charge in [-0.3, -0.25) is 4.79 Å². The van der Waals surface area contributed by atoms with Gasteiger partial charge in [-0.25, -0.2) is 0 Å². The molecule has 1 atom stereocenters. The molecular weight excluding hydrogens is 490 g/mol. The second-order valence-electron chi connectivity index (χ2n) is 7.74. The van der Waals surface area contributed by atoms with Crippen molar-refractivity contribution in [3.8, 4) is 23.3 Å². The van der Waals surface area contributed by atoms with Crippen molar-refractivity contribution in [2.75, 3.05) is 33.8 Å². The first kappa shape index (κ1) is 25.8. The molecule has 3 aromatic carbocycles. The first-order valence-electron chi connectivity index (χ1n) is 11.4. The number of ether oxygens (including phenoxy) is 4. The van der Waals surface area contributed by atoms with E-state index in [2.05, 4.69) is 15.3 Å². The van der Waals surface area contributed by atoms with Crippen LogP contribution >= 0.6 is 11.8 Å². The highest BCUT2D eigenvalue weighted by Crippen LogP contribution is 2.40. The fourth-order valence-electron chi connectivity index (χ4n) is 3.67. The van der Waals surface area contributed by atoms with E-state index in [0.29, 0.717) is 40.3 Å². The number of carbonyl (C=O) groups is 1. The van der Waals surface area contributed by atoms with E-state index in [1.54, 1.807) is 50.2 Å². The Kier molecular flexibility index (Phi) is 8.48. The molecule has 1 aromatic heterocycles. The van der Waals surface area contributed by atoms with Crippen LogP contribution < -0.4 is 24.3 Å². The van der Waals surface area contributed by atoms with Gasteiger partial charge < -0.3 is 24.3 Å². The number of nitrogens with one attached hydrogen (secondary N) is 1. The summed E-state index contributed by atoms with van der Waals surface area (Å²) in [6.45, 7) is 0. The Morgan fingerprint density at radius 2 is 1.35 bits per heavy atom. The predicted molar refractivity (Wildman–Crippen MR) is 143 cm³/mol. The first-order chi connectivity index (χ1) is 18.1. The Morgan fingerprint density at radius 3 is 1.89 bits per heavy atom. The van der Waals surface area contributed by atoms with Gasteiger partial charge in [0.2, 0.25) is 11.8 Å². The molecule has 0 aliphatic heterocycles. The number of nitrogens with zero attached hydrogens (tertiary/aromatic N) is 2. The molecular formula is C28H27N3O5S. The van der Waals surface area contributed by atoms with Crippen LogP contribution in [0.2, 0.25) is 0 Å². The van der Waals surface area contributed by atoms with Crippen LogP contribution in [0.1, 0.15) is 27.0 Å². The standard InChI is InChI=1S/C28H27N3O5S/c1-33-21-11-8-12-22(34-2)25(21)28(32)29-19-13-15-20(16-14-19)37-26(18-9-6-5-7-10-18)27-30-23(35-3)17-24(31-27)36-4/h5-17,26H,1-4H3,(H,29,32)/t26-/m1/s1. The number of anilines is 1. The largest absolute Gasteiger partial charge is 0.496 e. The zero-order valence-electron chi connectivity index (χ0n) is 20.9. The summed E-state index contributed by atoms with van der Waals surface area (Å²) in [6, 6.07) is 24.4. The second kappa shape index (κ2) is 12.1. The van der Waals surface area contributed by atoms with Gasteiger partial charge in [0.25, 0.3) is 5.91 Å². The Labute approximate surface area is 220 Å². The minimum Gasteiger partial charge on any atom is -0.496 e. The molecule has 1 N–H and O–H groups in total. The topological polar surface area (TPSA) is 91.8 Å². The molecule has 37 heavy (non-hydrogen) atoms. The number of hydrogen-bond donors (Lipinski definition) is 1. The highest BCUT2D eigenvalue weighted by Gasteiger charge is 2.22. The molecule has 0 saturated carbocycles. The Hall–Kier alpha value is -4.24. The van der Waals surface area contributed by atoms with Crippen LogP contribution in [-0.4, -0.2) is 44.3 Å². The fraction of sp³-hybridized carbons (Fsp3) is 0.179. The SMILES string of the molecule is COc1cc(OC)nc([C@H](Sc2ccc(NC(=O)c3c(OC)cccc3OC)cc2)c2ccccc2)n1. The summed E-state index contributed by atoms with van der Waals surface area (Å²) in [5, 5.41) is 2.70. The number of hydrogen-bond acceptors (Lipinski definition) is 8. The summed E-state index contributed by atoms with van der Waals surface area (Å²) in [6.07, 6.45) is 0. The average molecular weight is 518 g/mol. The van der Waals surface area contributed by atoms with Crippen LogP contribution in [0.4, 0.5) is 5.69 Å². The lowest BCUT2D eigenvalue weighted by atomic mass is 10.1. The van der Waals surface area contributed by atoms with E-state index >= 15 is 0 Å². The van der Waals surface area contributed by atoms with E-state index in [4.69, 9.17) is 18.9 Å². The van der Waals surface area contributed by atoms with Gasteiger partial charge in [-0.05, 0) is 42.0 Å². The molecule has 8 nitrogen and oxygen atoms in total. The summed E-state index contributed by atoms with van der Waals surface area (Å²) in [7, 11) is 6.15. The van der Waals surface area contributed by atoms with Gasteiger partial charge in [-0.15, -0.1) is 11.8 Å². The zero-order valence-corrected chi connectivity index (χ0v) is 21.7. The molecule has 4 rings (SSSR count). The lowest BCUT2D eigenvalue weighted by Gasteiger charge is -2.17. The lowest BCUT2D eigenvalue weighted by Crippen LogP contribution is -2.14. The first-order valence-corrected chi connectivity index (χ1v) is 12.2. The van der Waals surface area contributed by atoms with Crippen LogP contribution in [0.15, 0.2) is 83.8 Å². The van der Waals surface area contributed by atoms with Crippen molar-refractivity contribution in [3.63, 3.8) is 0 Å². The lowest BCUT2D eigenvalue weighted by molar-refractivity contribution is 0.102.